The third-order valence-corrected chi connectivity index (χ3v) is 3.46. The van der Waals surface area contributed by atoms with Gasteiger partial charge in [-0.2, -0.15) is 0 Å². The Morgan fingerprint density at radius 2 is 1.65 bits per heavy atom. The molecule has 0 aliphatic carbocycles. The molecule has 9 heteroatoms. The lowest BCUT2D eigenvalue weighted by Gasteiger charge is -2.23. The van der Waals surface area contributed by atoms with Crippen molar-refractivity contribution in [3.05, 3.63) is 35.4 Å². The molecule has 26 heavy (non-hydrogen) atoms. The molecular formula is C17H23F2N2O4P. The molecule has 0 radical (unpaired) electrons. The molecule has 1 aromatic carbocycles. The lowest BCUT2D eigenvalue weighted by Crippen LogP contribution is -2.49. The van der Waals surface area contributed by atoms with Crippen molar-refractivity contribution >= 4 is 27.0 Å². The number of carbonyl (C=O) groups excluding carboxylic acids is 3. The lowest BCUT2D eigenvalue weighted by molar-refractivity contribution is -0.155. The molecule has 2 N–H and O–H groups in total. The van der Waals surface area contributed by atoms with E-state index < -0.39 is 46.8 Å². The van der Waals surface area contributed by atoms with Crippen LogP contribution in [0.2, 0.25) is 0 Å². The molecule has 3 atom stereocenters. The van der Waals surface area contributed by atoms with Gasteiger partial charge in [0.2, 0.25) is 11.8 Å². The number of halogens is 2. The summed E-state index contributed by atoms with van der Waals surface area (Å²) in [5.74, 6) is -4.38. The number of benzene rings is 1. The van der Waals surface area contributed by atoms with Crippen LogP contribution in [0.25, 0.3) is 0 Å². The molecule has 0 saturated heterocycles. The second-order valence-electron chi connectivity index (χ2n) is 6.76. The van der Waals surface area contributed by atoms with Gasteiger partial charge in [-0.05, 0) is 45.4 Å². The Labute approximate surface area is 153 Å². The monoisotopic (exact) mass is 388 g/mol. The molecule has 6 nitrogen and oxygen atoms in total. The average Bonchev–Trinajstić information content (AvgIpc) is 2.43. The van der Waals surface area contributed by atoms with Crippen LogP contribution in [-0.4, -0.2) is 35.2 Å². The van der Waals surface area contributed by atoms with Crippen LogP contribution in [0.15, 0.2) is 18.2 Å². The van der Waals surface area contributed by atoms with Crippen LogP contribution in [0.4, 0.5) is 8.78 Å². The zero-order chi connectivity index (χ0) is 20.1. The minimum absolute atomic E-state index is 0.144. The SMILES string of the molecule is C[C@H](NC(=O)Cc1cc(F)cc(F)c1)C(=O)N[C@@H](P)C(=O)OC(C)(C)C. The lowest BCUT2D eigenvalue weighted by atomic mass is 10.1. The summed E-state index contributed by atoms with van der Waals surface area (Å²) in [4.78, 5) is 35.8. The van der Waals surface area contributed by atoms with E-state index in [-0.39, 0.29) is 12.0 Å². The summed E-state index contributed by atoms with van der Waals surface area (Å²) in [5.41, 5.74) is -0.554. The third kappa shape index (κ3) is 7.87. The van der Waals surface area contributed by atoms with Crippen molar-refractivity contribution in [1.82, 2.24) is 10.6 Å². The maximum absolute atomic E-state index is 13.1. The van der Waals surface area contributed by atoms with Crippen molar-refractivity contribution in [2.45, 2.75) is 51.5 Å². The van der Waals surface area contributed by atoms with E-state index in [0.29, 0.717) is 6.07 Å². The quantitative estimate of drug-likeness (QED) is 0.574. The first-order chi connectivity index (χ1) is 11.9. The highest BCUT2D eigenvalue weighted by Crippen LogP contribution is 2.11. The molecule has 0 bridgehead atoms. The Balaban J connectivity index is 2.55. The molecule has 0 aromatic heterocycles. The predicted molar refractivity (Wildman–Crippen MR) is 95.2 cm³/mol. The van der Waals surface area contributed by atoms with Gasteiger partial charge >= 0.3 is 5.97 Å². The minimum atomic E-state index is -0.974. The smallest absolute Gasteiger partial charge is 0.333 e. The first kappa shape index (κ1) is 22.0. The van der Waals surface area contributed by atoms with Gasteiger partial charge in [-0.15, -0.1) is 9.24 Å². The summed E-state index contributed by atoms with van der Waals surface area (Å²) >= 11 is 0. The van der Waals surface area contributed by atoms with Gasteiger partial charge in [0.15, 0.2) is 0 Å². The van der Waals surface area contributed by atoms with E-state index in [4.69, 9.17) is 4.74 Å². The van der Waals surface area contributed by atoms with E-state index in [9.17, 15) is 23.2 Å². The highest BCUT2D eigenvalue weighted by atomic mass is 31.0. The zero-order valence-corrected chi connectivity index (χ0v) is 16.2. The normalized spacial score (nSPS) is 13.5. The Hall–Kier alpha value is -2.08. The summed E-state index contributed by atoms with van der Waals surface area (Å²) in [5, 5.41) is 4.81. The van der Waals surface area contributed by atoms with E-state index in [1.807, 2.05) is 0 Å². The van der Waals surface area contributed by atoms with Gasteiger partial charge in [0.1, 0.15) is 29.1 Å². The molecule has 144 valence electrons. The number of hydrogen-bond acceptors (Lipinski definition) is 4. The number of hydrogen-bond donors (Lipinski definition) is 2. The van der Waals surface area contributed by atoms with Crippen molar-refractivity contribution in [2.24, 2.45) is 0 Å². The van der Waals surface area contributed by atoms with Crippen molar-refractivity contribution in [3.63, 3.8) is 0 Å². The van der Waals surface area contributed by atoms with Crippen LogP contribution in [0.1, 0.15) is 33.3 Å². The topological polar surface area (TPSA) is 84.5 Å². The van der Waals surface area contributed by atoms with Gasteiger partial charge in [0.25, 0.3) is 0 Å². The first-order valence-electron chi connectivity index (χ1n) is 7.90. The van der Waals surface area contributed by atoms with Crippen molar-refractivity contribution in [1.29, 1.82) is 0 Å². The highest BCUT2D eigenvalue weighted by Gasteiger charge is 2.25. The van der Waals surface area contributed by atoms with E-state index >= 15 is 0 Å². The summed E-state index contributed by atoms with van der Waals surface area (Å²) in [7, 11) is 2.15. The van der Waals surface area contributed by atoms with Gasteiger partial charge in [-0.1, -0.05) is 0 Å². The zero-order valence-electron chi connectivity index (χ0n) is 15.1. The highest BCUT2D eigenvalue weighted by molar-refractivity contribution is 7.19. The second kappa shape index (κ2) is 9.03. The molecule has 0 fully saturated rings. The standard InChI is InChI=1S/C17H23F2N2O4P/c1-9(14(23)21-15(26)16(24)25-17(2,3)4)20-13(22)7-10-5-11(18)8-12(19)6-10/h5-6,8-9,15H,7,26H2,1-4H3,(H,20,22)(H,21,23)/t9-,15-/m0/s1. The Bertz CT molecular complexity index is 672. The summed E-state index contributed by atoms with van der Waals surface area (Å²) in [6.07, 6.45) is -0.289. The number of ether oxygens (including phenoxy) is 1. The molecular weight excluding hydrogens is 365 g/mol. The van der Waals surface area contributed by atoms with Crippen molar-refractivity contribution in [2.75, 3.05) is 0 Å². The van der Waals surface area contributed by atoms with Crippen molar-refractivity contribution in [3.8, 4) is 0 Å². The number of esters is 1. The maximum atomic E-state index is 13.1. The van der Waals surface area contributed by atoms with E-state index in [0.717, 1.165) is 12.1 Å². The van der Waals surface area contributed by atoms with Gasteiger partial charge in [0, 0.05) is 6.07 Å². The van der Waals surface area contributed by atoms with E-state index in [1.165, 1.54) is 6.92 Å². The molecule has 0 saturated carbocycles. The molecule has 0 spiro atoms. The number of nitrogens with one attached hydrogen (secondary N) is 2. The van der Waals surface area contributed by atoms with Crippen LogP contribution < -0.4 is 10.6 Å². The van der Waals surface area contributed by atoms with Gasteiger partial charge in [-0.25, -0.2) is 13.6 Å². The maximum Gasteiger partial charge on any atom is 0.333 e. The summed E-state index contributed by atoms with van der Waals surface area (Å²) in [6.45, 7) is 6.51. The second-order valence-corrected chi connectivity index (χ2v) is 7.43. The average molecular weight is 388 g/mol. The van der Waals surface area contributed by atoms with Crippen LogP contribution >= 0.6 is 9.24 Å². The van der Waals surface area contributed by atoms with Crippen LogP contribution in [0, 0.1) is 11.6 Å². The predicted octanol–water partition coefficient (Wildman–Crippen LogP) is 1.67. The fraction of sp³-hybridized carbons (Fsp3) is 0.471. The Morgan fingerprint density at radius 1 is 1.12 bits per heavy atom. The van der Waals surface area contributed by atoms with E-state index in [1.54, 1.807) is 20.8 Å². The molecule has 2 amide bonds. The fourth-order valence-corrected chi connectivity index (χ4v) is 2.19. The van der Waals surface area contributed by atoms with Crippen LogP contribution in [0.3, 0.4) is 0 Å². The molecule has 1 rings (SSSR count). The molecule has 1 aromatic rings. The molecule has 0 aliphatic heterocycles. The first-order valence-corrected chi connectivity index (χ1v) is 8.57. The van der Waals surface area contributed by atoms with E-state index in [2.05, 4.69) is 19.9 Å². The molecule has 1 unspecified atom stereocenters. The third-order valence-electron chi connectivity index (χ3n) is 3.02. The largest absolute Gasteiger partial charge is 0.458 e. The van der Waals surface area contributed by atoms with Crippen LogP contribution in [-0.2, 0) is 25.5 Å². The number of amides is 2. The summed E-state index contributed by atoms with van der Waals surface area (Å²) in [6, 6.07) is 1.82. The van der Waals surface area contributed by atoms with Gasteiger partial charge in [0.05, 0.1) is 6.42 Å². The number of rotatable bonds is 6. The number of carbonyl (C=O) groups is 3. The Kier molecular flexibility index (Phi) is 7.63. The fourth-order valence-electron chi connectivity index (χ4n) is 1.96. The Morgan fingerprint density at radius 3 is 2.15 bits per heavy atom. The van der Waals surface area contributed by atoms with Gasteiger partial charge in [-0.3, -0.25) is 9.59 Å². The minimum Gasteiger partial charge on any atom is -0.458 e. The van der Waals surface area contributed by atoms with Crippen molar-refractivity contribution < 1.29 is 27.9 Å². The van der Waals surface area contributed by atoms with Crippen LogP contribution in [0.5, 0.6) is 0 Å². The molecule has 0 aliphatic rings. The van der Waals surface area contributed by atoms with Gasteiger partial charge < -0.3 is 15.4 Å². The molecule has 0 heterocycles. The summed E-state index contributed by atoms with van der Waals surface area (Å²) < 4.78 is 31.4.